The zero-order chi connectivity index (χ0) is 34.1. The van der Waals surface area contributed by atoms with Gasteiger partial charge in [-0.2, -0.15) is 0 Å². The van der Waals surface area contributed by atoms with Crippen molar-refractivity contribution >= 4 is 11.9 Å². The average Bonchev–Trinajstić information content (AvgIpc) is 3.11. The van der Waals surface area contributed by atoms with Crippen LogP contribution in [0.2, 0.25) is 0 Å². The number of hydrogen-bond donors (Lipinski definition) is 0. The quantitative estimate of drug-likeness (QED) is 0.0491. The van der Waals surface area contributed by atoms with Gasteiger partial charge in [0.25, 0.3) is 0 Å². The van der Waals surface area contributed by atoms with Crippen molar-refractivity contribution in [2.75, 3.05) is 0 Å². The van der Waals surface area contributed by atoms with Crippen molar-refractivity contribution < 1.29 is 19.1 Å². The standard InChI is InChI=1S/C44H62O4/c1-3-5-7-9-11-13-15-17-19-21-23-37-25-33-41(34-26-37)47-43(45)39-29-31-40(32-30-39)44(46)48-42-35-27-38(28-36-42)24-22-20-18-16-14-12-10-8-6-4-2/h25-36H,3-24H2,1-2H3. The molecule has 0 radical (unpaired) electrons. The van der Waals surface area contributed by atoms with Gasteiger partial charge in [0.1, 0.15) is 11.5 Å². The van der Waals surface area contributed by atoms with Crippen LogP contribution >= 0.6 is 0 Å². The molecule has 0 fully saturated rings. The summed E-state index contributed by atoms with van der Waals surface area (Å²) in [5, 5.41) is 0. The van der Waals surface area contributed by atoms with Gasteiger partial charge >= 0.3 is 11.9 Å². The van der Waals surface area contributed by atoms with Crippen LogP contribution < -0.4 is 9.47 Å². The monoisotopic (exact) mass is 654 g/mol. The number of carbonyl (C=O) groups is 2. The molecule has 0 saturated carbocycles. The van der Waals surface area contributed by atoms with Crippen LogP contribution in [0, 0.1) is 0 Å². The van der Waals surface area contributed by atoms with Crippen molar-refractivity contribution in [3.63, 3.8) is 0 Å². The van der Waals surface area contributed by atoms with Crippen molar-refractivity contribution in [1.29, 1.82) is 0 Å². The smallest absolute Gasteiger partial charge is 0.343 e. The van der Waals surface area contributed by atoms with E-state index in [1.54, 1.807) is 24.3 Å². The fourth-order valence-electron chi connectivity index (χ4n) is 6.16. The van der Waals surface area contributed by atoms with Gasteiger partial charge in [-0.3, -0.25) is 0 Å². The topological polar surface area (TPSA) is 52.6 Å². The van der Waals surface area contributed by atoms with Crippen LogP contribution in [0.4, 0.5) is 0 Å². The Labute approximate surface area is 292 Å². The molecule has 0 bridgehead atoms. The number of unbranched alkanes of at least 4 members (excludes halogenated alkanes) is 18. The van der Waals surface area contributed by atoms with E-state index in [1.807, 2.05) is 48.5 Å². The first-order chi connectivity index (χ1) is 23.6. The van der Waals surface area contributed by atoms with E-state index in [-0.39, 0.29) is 0 Å². The first kappa shape index (κ1) is 39.0. The minimum Gasteiger partial charge on any atom is -0.423 e. The molecule has 3 aromatic carbocycles. The Morgan fingerprint density at radius 3 is 0.938 bits per heavy atom. The molecular formula is C44H62O4. The SMILES string of the molecule is CCCCCCCCCCCCc1ccc(OC(=O)c2ccc(C(=O)Oc3ccc(CCCCCCCCCCCC)cc3)cc2)cc1. The van der Waals surface area contributed by atoms with E-state index < -0.39 is 11.9 Å². The van der Waals surface area contributed by atoms with Gasteiger partial charge < -0.3 is 9.47 Å². The Morgan fingerprint density at radius 1 is 0.375 bits per heavy atom. The van der Waals surface area contributed by atoms with E-state index in [0.29, 0.717) is 22.6 Å². The molecule has 0 spiro atoms. The number of hydrogen-bond acceptors (Lipinski definition) is 4. The molecule has 0 saturated heterocycles. The summed E-state index contributed by atoms with van der Waals surface area (Å²) >= 11 is 0. The third-order valence-corrected chi connectivity index (χ3v) is 9.26. The van der Waals surface area contributed by atoms with E-state index in [0.717, 1.165) is 12.8 Å². The van der Waals surface area contributed by atoms with Crippen LogP contribution in [0.3, 0.4) is 0 Å². The Bertz CT molecular complexity index is 1160. The molecule has 3 aromatic rings. The number of aryl methyl sites for hydroxylation is 2. The minimum atomic E-state index is -0.449. The van der Waals surface area contributed by atoms with Crippen molar-refractivity contribution in [1.82, 2.24) is 0 Å². The van der Waals surface area contributed by atoms with Crippen LogP contribution in [0.5, 0.6) is 11.5 Å². The molecule has 0 amide bonds. The first-order valence-corrected chi connectivity index (χ1v) is 19.3. The van der Waals surface area contributed by atoms with Crippen LogP contribution in [-0.2, 0) is 12.8 Å². The van der Waals surface area contributed by atoms with E-state index in [2.05, 4.69) is 13.8 Å². The molecule has 48 heavy (non-hydrogen) atoms. The maximum Gasteiger partial charge on any atom is 0.343 e. The number of esters is 2. The molecule has 0 heterocycles. The summed E-state index contributed by atoms with van der Waals surface area (Å²) < 4.78 is 11.2. The van der Waals surface area contributed by atoms with Crippen LogP contribution in [-0.4, -0.2) is 11.9 Å². The molecule has 3 rings (SSSR count). The highest BCUT2D eigenvalue weighted by atomic mass is 16.5. The summed E-state index contributed by atoms with van der Waals surface area (Å²) in [7, 11) is 0. The molecule has 4 nitrogen and oxygen atoms in total. The number of benzene rings is 3. The number of ether oxygens (including phenoxy) is 2. The summed E-state index contributed by atoms with van der Waals surface area (Å²) in [5.74, 6) is 0.143. The molecular weight excluding hydrogens is 592 g/mol. The second-order valence-electron chi connectivity index (χ2n) is 13.5. The van der Waals surface area contributed by atoms with Crippen LogP contribution in [0.15, 0.2) is 72.8 Å². The molecule has 4 heteroatoms. The fourth-order valence-corrected chi connectivity index (χ4v) is 6.16. The van der Waals surface area contributed by atoms with E-state index in [1.165, 1.54) is 140 Å². The van der Waals surface area contributed by atoms with Crippen molar-refractivity contribution in [2.45, 2.75) is 155 Å². The van der Waals surface area contributed by atoms with Gasteiger partial charge in [0.15, 0.2) is 0 Å². The summed E-state index contributed by atoms with van der Waals surface area (Å²) in [6.45, 7) is 4.53. The summed E-state index contributed by atoms with van der Waals surface area (Å²) in [6.07, 6.45) is 28.7. The van der Waals surface area contributed by atoms with Gasteiger partial charge in [0, 0.05) is 0 Å². The van der Waals surface area contributed by atoms with Gasteiger partial charge in [0.2, 0.25) is 0 Å². The van der Waals surface area contributed by atoms with Crippen LogP contribution in [0.25, 0.3) is 0 Å². The second kappa shape index (κ2) is 24.7. The predicted molar refractivity (Wildman–Crippen MR) is 200 cm³/mol. The van der Waals surface area contributed by atoms with E-state index in [4.69, 9.17) is 9.47 Å². The molecule has 0 aliphatic carbocycles. The zero-order valence-electron chi connectivity index (χ0n) is 30.1. The Kier molecular flexibility index (Phi) is 20.1. The van der Waals surface area contributed by atoms with Crippen molar-refractivity contribution in [3.05, 3.63) is 95.1 Å². The molecule has 0 N–H and O–H groups in total. The average molecular weight is 655 g/mol. The third-order valence-electron chi connectivity index (χ3n) is 9.26. The van der Waals surface area contributed by atoms with Gasteiger partial charge in [-0.1, -0.05) is 154 Å². The van der Waals surface area contributed by atoms with Gasteiger partial charge in [-0.05, 0) is 85.3 Å². The summed E-state index contributed by atoms with van der Waals surface area (Å²) in [6, 6.07) is 22.0. The third kappa shape index (κ3) is 16.6. The lowest BCUT2D eigenvalue weighted by Gasteiger charge is -2.08. The Hall–Kier alpha value is -3.40. The highest BCUT2D eigenvalue weighted by molar-refractivity contribution is 5.94. The lowest BCUT2D eigenvalue weighted by molar-refractivity contribution is 0.0720. The molecule has 0 aliphatic rings. The molecule has 0 aromatic heterocycles. The van der Waals surface area contributed by atoms with E-state index in [9.17, 15) is 9.59 Å². The van der Waals surface area contributed by atoms with Crippen molar-refractivity contribution in [3.8, 4) is 11.5 Å². The molecule has 0 unspecified atom stereocenters. The largest absolute Gasteiger partial charge is 0.423 e. The summed E-state index contributed by atoms with van der Waals surface area (Å²) in [5.41, 5.74) is 3.30. The maximum atomic E-state index is 12.7. The lowest BCUT2D eigenvalue weighted by Crippen LogP contribution is -2.11. The highest BCUT2D eigenvalue weighted by Gasteiger charge is 2.13. The van der Waals surface area contributed by atoms with Gasteiger partial charge in [-0.25, -0.2) is 9.59 Å². The first-order valence-electron chi connectivity index (χ1n) is 19.3. The van der Waals surface area contributed by atoms with Crippen LogP contribution in [0.1, 0.15) is 174 Å². The normalized spacial score (nSPS) is 11.0. The summed E-state index contributed by atoms with van der Waals surface area (Å²) in [4.78, 5) is 25.4. The minimum absolute atomic E-state index is 0.386. The van der Waals surface area contributed by atoms with Gasteiger partial charge in [-0.15, -0.1) is 0 Å². The lowest BCUT2D eigenvalue weighted by atomic mass is 10.0. The van der Waals surface area contributed by atoms with Crippen molar-refractivity contribution in [2.24, 2.45) is 0 Å². The highest BCUT2D eigenvalue weighted by Crippen LogP contribution is 2.20. The maximum absolute atomic E-state index is 12.7. The molecule has 262 valence electrons. The molecule has 0 atom stereocenters. The Morgan fingerprint density at radius 2 is 0.646 bits per heavy atom. The predicted octanol–water partition coefficient (Wildman–Crippen LogP) is 13.1. The van der Waals surface area contributed by atoms with Gasteiger partial charge in [0.05, 0.1) is 11.1 Å². The molecule has 0 aliphatic heterocycles. The van der Waals surface area contributed by atoms with E-state index >= 15 is 0 Å². The number of rotatable bonds is 26. The second-order valence-corrected chi connectivity index (χ2v) is 13.5. The Balaban J connectivity index is 1.30. The number of carbonyl (C=O) groups excluding carboxylic acids is 2. The fraction of sp³-hybridized carbons (Fsp3) is 0.545. The zero-order valence-corrected chi connectivity index (χ0v) is 30.1.